The average molecular weight is 446 g/mol. The molecule has 1 atom stereocenters. The second-order valence-electron chi connectivity index (χ2n) is 6.63. The summed E-state index contributed by atoms with van der Waals surface area (Å²) in [5, 5.41) is 54.5. The molecule has 1 unspecified atom stereocenters. The van der Waals surface area contributed by atoms with Crippen LogP contribution in [0.1, 0.15) is 24.0 Å². The molecule has 30 heavy (non-hydrogen) atoms. The molecule has 0 radical (unpaired) electrons. The number of aliphatic hydroxyl groups is 6. The van der Waals surface area contributed by atoms with Gasteiger partial charge in [-0.2, -0.15) is 0 Å². The van der Waals surface area contributed by atoms with E-state index in [2.05, 4.69) is 0 Å². The standard InChI is InChI=1S/C15H16O2.C5H12O4.H3O3P/c1-12(13-8-4-2-5-9-13)15(16,17)14-10-6-3-7-11-14;6-1-5(2-7,3-8)4-9;1-4(2)3/h2-12,16-17H,1H3;6-9H,1-4H2;1-3H. The van der Waals surface area contributed by atoms with E-state index in [0.29, 0.717) is 5.56 Å². The summed E-state index contributed by atoms with van der Waals surface area (Å²) in [6.45, 7) is 0.183. The van der Waals surface area contributed by atoms with E-state index in [-0.39, 0.29) is 5.92 Å². The Bertz CT molecular complexity index is 644. The van der Waals surface area contributed by atoms with Gasteiger partial charge in [-0.3, -0.25) is 0 Å². The summed E-state index contributed by atoms with van der Waals surface area (Å²) >= 11 is 0. The molecule has 0 spiro atoms. The minimum Gasteiger partial charge on any atom is -0.396 e. The molecule has 2 rings (SSSR count). The lowest BCUT2D eigenvalue weighted by Crippen LogP contribution is -2.37. The fourth-order valence-corrected chi connectivity index (χ4v) is 2.21. The van der Waals surface area contributed by atoms with Crippen molar-refractivity contribution < 1.29 is 45.3 Å². The van der Waals surface area contributed by atoms with Gasteiger partial charge in [0.2, 0.25) is 0 Å². The number of rotatable bonds is 7. The molecule has 0 bridgehead atoms. The first-order chi connectivity index (χ1) is 14.1. The molecule has 2 aromatic carbocycles. The van der Waals surface area contributed by atoms with Crippen LogP contribution in [0.5, 0.6) is 0 Å². The van der Waals surface area contributed by atoms with Crippen LogP contribution in [-0.2, 0) is 5.79 Å². The molecular formula is C20H31O9P. The lowest BCUT2D eigenvalue weighted by molar-refractivity contribution is -0.185. The van der Waals surface area contributed by atoms with Crippen LogP contribution < -0.4 is 0 Å². The van der Waals surface area contributed by atoms with Crippen LogP contribution in [0.25, 0.3) is 0 Å². The van der Waals surface area contributed by atoms with Crippen LogP contribution in [0.4, 0.5) is 0 Å². The predicted molar refractivity (Wildman–Crippen MR) is 112 cm³/mol. The summed E-state index contributed by atoms with van der Waals surface area (Å²) in [4.78, 5) is 21.7. The van der Waals surface area contributed by atoms with E-state index in [0.717, 1.165) is 5.56 Å². The van der Waals surface area contributed by atoms with Gasteiger partial charge in [0.05, 0.1) is 31.8 Å². The fourth-order valence-electron chi connectivity index (χ4n) is 2.21. The molecule has 0 aromatic heterocycles. The third-order valence-corrected chi connectivity index (χ3v) is 4.44. The largest absolute Gasteiger partial charge is 0.396 e. The highest BCUT2D eigenvalue weighted by Gasteiger charge is 2.33. The van der Waals surface area contributed by atoms with Gasteiger partial charge in [-0.25, -0.2) is 0 Å². The Labute approximate surface area is 176 Å². The number of hydrogen-bond donors (Lipinski definition) is 9. The van der Waals surface area contributed by atoms with Crippen LogP contribution in [0.3, 0.4) is 0 Å². The van der Waals surface area contributed by atoms with Gasteiger partial charge >= 0.3 is 8.60 Å². The SMILES string of the molecule is CC(c1ccccc1)C(O)(O)c1ccccc1.OCC(CO)(CO)CO.OP(O)O. The summed E-state index contributed by atoms with van der Waals surface area (Å²) < 4.78 is 0. The van der Waals surface area contributed by atoms with Crippen molar-refractivity contribution in [1.29, 1.82) is 0 Å². The first-order valence-electron chi connectivity index (χ1n) is 8.95. The van der Waals surface area contributed by atoms with Gasteiger partial charge in [0.1, 0.15) is 0 Å². The highest BCUT2D eigenvalue weighted by molar-refractivity contribution is 7.38. The molecule has 0 saturated carbocycles. The van der Waals surface area contributed by atoms with E-state index in [1.54, 1.807) is 24.3 Å². The summed E-state index contributed by atoms with van der Waals surface area (Å²) in [5.41, 5.74) is 0.303. The monoisotopic (exact) mass is 446 g/mol. The van der Waals surface area contributed by atoms with Crippen LogP contribution in [-0.4, -0.2) is 71.7 Å². The average Bonchev–Trinajstić information content (AvgIpc) is 2.76. The third kappa shape index (κ3) is 9.55. The molecule has 170 valence electrons. The summed E-state index contributed by atoms with van der Waals surface area (Å²) in [7, 11) is -2.62. The Kier molecular flexibility index (Phi) is 13.8. The first kappa shape index (κ1) is 28.5. The van der Waals surface area contributed by atoms with Crippen molar-refractivity contribution in [3.05, 3.63) is 71.8 Å². The van der Waals surface area contributed by atoms with E-state index in [4.69, 9.17) is 35.1 Å². The van der Waals surface area contributed by atoms with E-state index < -0.39 is 46.2 Å². The minimum absolute atomic E-state index is 0.383. The van der Waals surface area contributed by atoms with E-state index >= 15 is 0 Å². The molecule has 0 heterocycles. The Morgan fingerprint density at radius 3 is 1.33 bits per heavy atom. The van der Waals surface area contributed by atoms with E-state index in [9.17, 15) is 10.2 Å². The molecule has 0 fully saturated rings. The molecule has 0 aliphatic rings. The predicted octanol–water partition coefficient (Wildman–Crippen LogP) is -0.240. The Balaban J connectivity index is 0.000000545. The molecular weight excluding hydrogens is 415 g/mol. The zero-order valence-electron chi connectivity index (χ0n) is 16.7. The maximum atomic E-state index is 10.3. The Morgan fingerprint density at radius 2 is 1.03 bits per heavy atom. The van der Waals surface area contributed by atoms with Crippen molar-refractivity contribution in [3.63, 3.8) is 0 Å². The normalized spacial score (nSPS) is 12.4. The molecule has 10 heteroatoms. The maximum absolute atomic E-state index is 10.3. The molecule has 0 saturated heterocycles. The van der Waals surface area contributed by atoms with Crippen LogP contribution >= 0.6 is 8.60 Å². The molecule has 2 aromatic rings. The van der Waals surface area contributed by atoms with Crippen molar-refractivity contribution in [1.82, 2.24) is 0 Å². The van der Waals surface area contributed by atoms with Crippen LogP contribution in [0.15, 0.2) is 60.7 Å². The van der Waals surface area contributed by atoms with Crippen molar-refractivity contribution >= 4 is 8.60 Å². The third-order valence-electron chi connectivity index (χ3n) is 4.44. The number of hydrogen-bond acceptors (Lipinski definition) is 9. The topological polar surface area (TPSA) is 182 Å². The number of benzene rings is 2. The summed E-state index contributed by atoms with van der Waals surface area (Å²) in [6.07, 6.45) is 0. The number of aliphatic hydroxyl groups excluding tert-OH is 4. The summed E-state index contributed by atoms with van der Waals surface area (Å²) in [6, 6.07) is 18.4. The second kappa shape index (κ2) is 14.5. The van der Waals surface area contributed by atoms with Gasteiger partial charge in [0, 0.05) is 11.5 Å². The lowest BCUT2D eigenvalue weighted by Gasteiger charge is -2.29. The van der Waals surface area contributed by atoms with Gasteiger partial charge in [-0.05, 0) is 5.56 Å². The molecule has 0 aliphatic heterocycles. The lowest BCUT2D eigenvalue weighted by atomic mass is 9.87. The van der Waals surface area contributed by atoms with Gasteiger partial charge in [-0.1, -0.05) is 67.6 Å². The zero-order chi connectivity index (χ0) is 23.2. The van der Waals surface area contributed by atoms with Crippen LogP contribution in [0.2, 0.25) is 0 Å². The minimum atomic E-state index is -2.62. The van der Waals surface area contributed by atoms with Gasteiger partial charge < -0.3 is 45.3 Å². The first-order valence-corrected chi connectivity index (χ1v) is 10.2. The quantitative estimate of drug-likeness (QED) is 0.205. The van der Waals surface area contributed by atoms with Gasteiger partial charge in [0.25, 0.3) is 0 Å². The van der Waals surface area contributed by atoms with Gasteiger partial charge in [0.15, 0.2) is 5.79 Å². The highest BCUT2D eigenvalue weighted by Crippen LogP contribution is 2.34. The van der Waals surface area contributed by atoms with E-state index in [1.807, 2.05) is 43.3 Å². The zero-order valence-corrected chi connectivity index (χ0v) is 17.5. The van der Waals surface area contributed by atoms with Crippen molar-refractivity contribution in [3.8, 4) is 0 Å². The highest BCUT2D eigenvalue weighted by atomic mass is 31.2. The van der Waals surface area contributed by atoms with Crippen molar-refractivity contribution in [2.45, 2.75) is 18.6 Å². The van der Waals surface area contributed by atoms with Crippen molar-refractivity contribution in [2.24, 2.45) is 5.41 Å². The van der Waals surface area contributed by atoms with Gasteiger partial charge in [-0.15, -0.1) is 0 Å². The smallest absolute Gasteiger partial charge is 0.324 e. The Morgan fingerprint density at radius 1 is 0.700 bits per heavy atom. The molecule has 9 N–H and O–H groups in total. The van der Waals surface area contributed by atoms with Crippen LogP contribution in [0, 0.1) is 5.41 Å². The fraction of sp³-hybridized carbons (Fsp3) is 0.400. The molecule has 9 nitrogen and oxygen atoms in total. The molecule has 0 aliphatic carbocycles. The Hall–Kier alpha value is -1.49. The molecule has 0 amide bonds. The maximum Gasteiger partial charge on any atom is 0.324 e. The second-order valence-corrected chi connectivity index (χ2v) is 7.16. The van der Waals surface area contributed by atoms with E-state index in [1.165, 1.54) is 0 Å². The van der Waals surface area contributed by atoms with Crippen molar-refractivity contribution in [2.75, 3.05) is 26.4 Å². The summed E-state index contributed by atoms with van der Waals surface area (Å²) in [5.74, 6) is -2.23.